The molecule has 2 aromatic carbocycles. The zero-order valence-electron chi connectivity index (χ0n) is 10.1. The lowest BCUT2D eigenvalue weighted by Crippen LogP contribution is -2.50. The average molecular weight is 256 g/mol. The molecule has 1 heterocycles. The molecule has 2 aromatic rings. The molecular weight excluding hydrogens is 244 g/mol. The van der Waals surface area contributed by atoms with Crippen LogP contribution in [0, 0.1) is 0 Å². The van der Waals surface area contributed by atoms with Crippen LogP contribution in [0.5, 0.6) is 0 Å². The van der Waals surface area contributed by atoms with E-state index < -0.39 is 0 Å². The number of aliphatic hydroxyl groups excluding tert-OH is 1. The van der Waals surface area contributed by atoms with Crippen molar-refractivity contribution in [3.8, 4) is 0 Å². The van der Waals surface area contributed by atoms with E-state index in [1.165, 1.54) is 0 Å². The van der Waals surface area contributed by atoms with Crippen molar-refractivity contribution in [2.75, 3.05) is 13.2 Å². The first-order valence-corrected chi connectivity index (χ1v) is 5.99. The number of hydrazine groups is 1. The Hall–Kier alpha value is -2.24. The van der Waals surface area contributed by atoms with Gasteiger partial charge in [-0.15, -0.1) is 0 Å². The molecular formula is C14H12N2O3. The molecule has 5 nitrogen and oxygen atoms in total. The highest BCUT2D eigenvalue weighted by molar-refractivity contribution is 6.25. The standard InChI is InChI=1S/C14H12N2O3/c17-8-7-15-16-13(18)10-5-1-3-9-4-2-6-11(12(9)10)14(16)19/h1-6,15,17H,7-8H2. The van der Waals surface area contributed by atoms with Gasteiger partial charge in [0.05, 0.1) is 17.7 Å². The molecule has 0 atom stereocenters. The minimum Gasteiger partial charge on any atom is -0.395 e. The molecule has 5 heteroatoms. The van der Waals surface area contributed by atoms with E-state index in [0.29, 0.717) is 16.5 Å². The Kier molecular flexibility index (Phi) is 2.77. The number of nitrogens with one attached hydrogen (secondary N) is 1. The number of carbonyl (C=O) groups is 2. The molecule has 0 aliphatic carbocycles. The summed E-state index contributed by atoms with van der Waals surface area (Å²) in [6.07, 6.45) is 0. The SMILES string of the molecule is O=C1c2cccc3cccc(c23)C(=O)N1NCCO. The molecule has 0 spiro atoms. The van der Waals surface area contributed by atoms with E-state index in [1.54, 1.807) is 24.3 Å². The van der Waals surface area contributed by atoms with Gasteiger partial charge in [0.25, 0.3) is 11.8 Å². The second kappa shape index (κ2) is 4.46. The Bertz CT molecular complexity index is 631. The van der Waals surface area contributed by atoms with Gasteiger partial charge >= 0.3 is 0 Å². The molecule has 96 valence electrons. The van der Waals surface area contributed by atoms with Crippen molar-refractivity contribution in [3.05, 3.63) is 47.5 Å². The quantitative estimate of drug-likeness (QED) is 0.802. The third kappa shape index (κ3) is 1.71. The Balaban J connectivity index is 2.19. The van der Waals surface area contributed by atoms with E-state index in [4.69, 9.17) is 5.11 Å². The van der Waals surface area contributed by atoms with Crippen LogP contribution in [0.15, 0.2) is 36.4 Å². The van der Waals surface area contributed by atoms with Gasteiger partial charge in [-0.25, -0.2) is 10.4 Å². The average Bonchev–Trinajstić information content (AvgIpc) is 2.44. The van der Waals surface area contributed by atoms with Crippen molar-refractivity contribution in [2.24, 2.45) is 0 Å². The van der Waals surface area contributed by atoms with Crippen LogP contribution in [0.25, 0.3) is 10.8 Å². The van der Waals surface area contributed by atoms with Gasteiger partial charge in [0.2, 0.25) is 0 Å². The normalized spacial score (nSPS) is 14.3. The van der Waals surface area contributed by atoms with E-state index in [2.05, 4.69) is 5.43 Å². The zero-order chi connectivity index (χ0) is 13.4. The van der Waals surface area contributed by atoms with Crippen molar-refractivity contribution in [1.29, 1.82) is 0 Å². The van der Waals surface area contributed by atoms with Crippen LogP contribution in [0.1, 0.15) is 20.7 Å². The maximum atomic E-state index is 12.3. The predicted octanol–water partition coefficient (Wildman–Crippen LogP) is 0.933. The molecule has 0 fully saturated rings. The molecule has 0 radical (unpaired) electrons. The van der Waals surface area contributed by atoms with Gasteiger partial charge in [0, 0.05) is 11.9 Å². The van der Waals surface area contributed by atoms with Crippen LogP contribution in [-0.4, -0.2) is 35.1 Å². The number of hydrogen-bond acceptors (Lipinski definition) is 4. The van der Waals surface area contributed by atoms with E-state index >= 15 is 0 Å². The van der Waals surface area contributed by atoms with Gasteiger partial charge < -0.3 is 5.11 Å². The lowest BCUT2D eigenvalue weighted by Gasteiger charge is -2.27. The predicted molar refractivity (Wildman–Crippen MR) is 69.5 cm³/mol. The topological polar surface area (TPSA) is 69.6 Å². The summed E-state index contributed by atoms with van der Waals surface area (Å²) >= 11 is 0. The molecule has 2 N–H and O–H groups in total. The molecule has 0 saturated carbocycles. The number of imide groups is 1. The minimum atomic E-state index is -0.386. The summed E-state index contributed by atoms with van der Waals surface area (Å²) in [7, 11) is 0. The number of aliphatic hydroxyl groups is 1. The molecule has 3 rings (SSSR count). The second-order valence-electron chi connectivity index (χ2n) is 4.29. The van der Waals surface area contributed by atoms with Gasteiger partial charge in [0.1, 0.15) is 0 Å². The summed E-state index contributed by atoms with van der Waals surface area (Å²) in [4.78, 5) is 24.6. The Morgan fingerprint density at radius 2 is 1.58 bits per heavy atom. The highest BCUT2D eigenvalue weighted by Crippen LogP contribution is 2.28. The largest absolute Gasteiger partial charge is 0.395 e. The van der Waals surface area contributed by atoms with Gasteiger partial charge in [-0.05, 0) is 17.5 Å². The summed E-state index contributed by atoms with van der Waals surface area (Å²) in [5.74, 6) is -0.773. The second-order valence-corrected chi connectivity index (χ2v) is 4.29. The van der Waals surface area contributed by atoms with Crippen LogP contribution < -0.4 is 5.43 Å². The smallest absolute Gasteiger partial charge is 0.275 e. The van der Waals surface area contributed by atoms with Crippen molar-refractivity contribution in [3.63, 3.8) is 0 Å². The molecule has 1 aliphatic rings. The van der Waals surface area contributed by atoms with Gasteiger partial charge in [-0.3, -0.25) is 9.59 Å². The van der Waals surface area contributed by atoms with Crippen molar-refractivity contribution in [2.45, 2.75) is 0 Å². The summed E-state index contributed by atoms with van der Waals surface area (Å²) < 4.78 is 0. The number of amides is 2. The van der Waals surface area contributed by atoms with E-state index in [1.807, 2.05) is 12.1 Å². The highest BCUT2D eigenvalue weighted by atomic mass is 16.3. The fraction of sp³-hybridized carbons (Fsp3) is 0.143. The van der Waals surface area contributed by atoms with E-state index in [9.17, 15) is 9.59 Å². The molecule has 0 aromatic heterocycles. The summed E-state index contributed by atoms with van der Waals surface area (Å²) in [5.41, 5.74) is 3.64. The lowest BCUT2D eigenvalue weighted by molar-refractivity contribution is 0.0509. The van der Waals surface area contributed by atoms with Gasteiger partial charge in [-0.1, -0.05) is 24.3 Å². The molecule has 0 unspecified atom stereocenters. The molecule has 0 saturated heterocycles. The van der Waals surface area contributed by atoms with Crippen LogP contribution in [0.4, 0.5) is 0 Å². The van der Waals surface area contributed by atoms with Crippen molar-refractivity contribution >= 4 is 22.6 Å². The van der Waals surface area contributed by atoms with Crippen molar-refractivity contribution in [1.82, 2.24) is 10.4 Å². The minimum absolute atomic E-state index is 0.148. The molecule has 19 heavy (non-hydrogen) atoms. The molecule has 2 amide bonds. The van der Waals surface area contributed by atoms with Crippen molar-refractivity contribution < 1.29 is 14.7 Å². The Morgan fingerprint density at radius 3 is 2.11 bits per heavy atom. The summed E-state index contributed by atoms with van der Waals surface area (Å²) in [5, 5.41) is 11.3. The van der Waals surface area contributed by atoms with E-state index in [0.717, 1.165) is 10.4 Å². The summed E-state index contributed by atoms with van der Waals surface area (Å²) in [6.45, 7) is -0.00146. The Labute approximate surface area is 109 Å². The number of hydrogen-bond donors (Lipinski definition) is 2. The molecule has 1 aliphatic heterocycles. The fourth-order valence-electron chi connectivity index (χ4n) is 2.34. The first-order chi connectivity index (χ1) is 9.24. The van der Waals surface area contributed by atoms with E-state index in [-0.39, 0.29) is 25.0 Å². The monoisotopic (exact) mass is 256 g/mol. The first kappa shape index (κ1) is 11.8. The first-order valence-electron chi connectivity index (χ1n) is 5.99. The third-order valence-electron chi connectivity index (χ3n) is 3.15. The third-order valence-corrected chi connectivity index (χ3v) is 3.15. The maximum absolute atomic E-state index is 12.3. The lowest BCUT2D eigenvalue weighted by atomic mass is 9.95. The van der Waals surface area contributed by atoms with Crippen LogP contribution in [0.2, 0.25) is 0 Å². The molecule has 0 bridgehead atoms. The van der Waals surface area contributed by atoms with Gasteiger partial charge in [0.15, 0.2) is 0 Å². The number of benzene rings is 2. The zero-order valence-corrected chi connectivity index (χ0v) is 10.1. The fourth-order valence-corrected chi connectivity index (χ4v) is 2.34. The highest BCUT2D eigenvalue weighted by Gasteiger charge is 2.32. The number of rotatable bonds is 3. The van der Waals surface area contributed by atoms with Crippen LogP contribution in [-0.2, 0) is 0 Å². The number of nitrogens with zero attached hydrogens (tertiary/aromatic N) is 1. The number of carbonyl (C=O) groups excluding carboxylic acids is 2. The van der Waals surface area contributed by atoms with Crippen LogP contribution >= 0.6 is 0 Å². The summed E-state index contributed by atoms with van der Waals surface area (Å²) in [6, 6.07) is 10.7. The maximum Gasteiger partial charge on any atom is 0.275 e. The van der Waals surface area contributed by atoms with Crippen LogP contribution in [0.3, 0.4) is 0 Å². The van der Waals surface area contributed by atoms with Gasteiger partial charge in [-0.2, -0.15) is 0 Å². The Morgan fingerprint density at radius 1 is 1.00 bits per heavy atom.